The van der Waals surface area contributed by atoms with Gasteiger partial charge in [-0.15, -0.1) is 0 Å². The minimum atomic E-state index is -0.662. The lowest BCUT2D eigenvalue weighted by Crippen LogP contribution is -2.45. The molecule has 0 aromatic heterocycles. The number of nitrogens with one attached hydrogen (secondary N) is 1. The summed E-state index contributed by atoms with van der Waals surface area (Å²) in [6.45, 7) is 4.98. The van der Waals surface area contributed by atoms with Crippen LogP contribution in [-0.2, 0) is 14.3 Å². The topological polar surface area (TPSA) is 95.9 Å². The van der Waals surface area contributed by atoms with Gasteiger partial charge in [-0.1, -0.05) is 353 Å². The van der Waals surface area contributed by atoms with Gasteiger partial charge in [-0.3, -0.25) is 9.59 Å². The number of ether oxygens (including phenoxy) is 1. The highest BCUT2D eigenvalue weighted by Crippen LogP contribution is 2.19. The normalized spacial score (nSPS) is 12.6. The molecule has 1 amide bonds. The van der Waals surface area contributed by atoms with Crippen LogP contribution in [0.3, 0.4) is 0 Å². The van der Waals surface area contributed by atoms with E-state index >= 15 is 0 Å². The van der Waals surface area contributed by atoms with Crippen LogP contribution in [-0.4, -0.2) is 47.4 Å². The molecule has 0 aliphatic heterocycles. The smallest absolute Gasteiger partial charge is 0.305 e. The first-order valence-electron chi connectivity index (χ1n) is 35.6. The van der Waals surface area contributed by atoms with Gasteiger partial charge in [0.2, 0.25) is 5.91 Å². The molecule has 0 fully saturated rings. The maximum atomic E-state index is 12.5. The second-order valence-corrected chi connectivity index (χ2v) is 24.6. The van der Waals surface area contributed by atoms with Crippen molar-refractivity contribution in [2.45, 2.75) is 411 Å². The van der Waals surface area contributed by atoms with Gasteiger partial charge >= 0.3 is 5.97 Å². The molecule has 0 rings (SSSR count). The van der Waals surface area contributed by atoms with E-state index in [2.05, 4.69) is 43.5 Å². The first-order chi connectivity index (χ1) is 38.5. The summed E-state index contributed by atoms with van der Waals surface area (Å²) in [5.74, 6) is -0.0135. The Balaban J connectivity index is 3.36. The fraction of sp³-hybridized carbons (Fsp3) is 0.917. The zero-order chi connectivity index (χ0) is 56.4. The molecule has 0 aromatic rings. The third kappa shape index (κ3) is 63.5. The van der Waals surface area contributed by atoms with Gasteiger partial charge in [-0.25, -0.2) is 0 Å². The molecular weight excluding hydrogens is 959 g/mol. The van der Waals surface area contributed by atoms with Crippen molar-refractivity contribution in [2.75, 3.05) is 13.2 Å². The van der Waals surface area contributed by atoms with Crippen LogP contribution in [0.1, 0.15) is 399 Å². The Labute approximate surface area is 488 Å². The van der Waals surface area contributed by atoms with E-state index in [0.717, 1.165) is 44.9 Å². The summed E-state index contributed by atoms with van der Waals surface area (Å²) in [6.07, 6.45) is 85.2. The Hall–Kier alpha value is -1.66. The monoisotopic (exact) mass is 1100 g/mol. The van der Waals surface area contributed by atoms with Crippen LogP contribution in [0.4, 0.5) is 0 Å². The minimum Gasteiger partial charge on any atom is -0.466 e. The Kier molecular flexibility index (Phi) is 66.4. The van der Waals surface area contributed by atoms with Crippen LogP contribution in [0, 0.1) is 0 Å². The molecule has 3 N–H and O–H groups in total. The molecule has 0 aliphatic rings. The van der Waals surface area contributed by atoms with Crippen LogP contribution >= 0.6 is 0 Å². The number of hydrogen-bond acceptors (Lipinski definition) is 5. The lowest BCUT2D eigenvalue weighted by molar-refractivity contribution is -0.143. The number of aliphatic hydroxyl groups is 2. The highest BCUT2D eigenvalue weighted by Gasteiger charge is 2.20. The second kappa shape index (κ2) is 67.8. The van der Waals surface area contributed by atoms with E-state index in [9.17, 15) is 19.8 Å². The third-order valence-corrected chi connectivity index (χ3v) is 16.8. The molecule has 462 valence electrons. The fourth-order valence-electron chi connectivity index (χ4n) is 11.3. The number of hydrogen-bond donors (Lipinski definition) is 3. The van der Waals surface area contributed by atoms with Crippen molar-refractivity contribution in [3.05, 3.63) is 24.3 Å². The van der Waals surface area contributed by atoms with Crippen molar-refractivity contribution < 1.29 is 24.5 Å². The summed E-state index contributed by atoms with van der Waals surface area (Å²) in [4.78, 5) is 24.6. The molecule has 0 spiro atoms. The third-order valence-electron chi connectivity index (χ3n) is 16.8. The standard InChI is InChI=1S/C72H139NO5/c1-3-5-7-9-11-13-15-17-40-44-48-52-56-60-64-70(75)69(68-74)73-71(76)65-61-57-53-49-45-41-38-36-34-32-30-28-26-24-22-20-19-21-23-25-27-29-31-33-35-37-39-43-47-51-55-59-63-67-78-72(77)66-62-58-54-50-46-42-18-16-14-12-10-8-6-4-2/h23,25,29,31,69-70,74-75H,3-22,24,26-28,30,32-68H2,1-2H3,(H,73,76)/b25-23-,31-29-. The molecule has 0 saturated carbocycles. The van der Waals surface area contributed by atoms with E-state index in [0.29, 0.717) is 25.9 Å². The molecule has 0 aromatic carbocycles. The maximum absolute atomic E-state index is 12.5. The van der Waals surface area contributed by atoms with E-state index in [1.54, 1.807) is 0 Å². The molecule has 0 bridgehead atoms. The van der Waals surface area contributed by atoms with Gasteiger partial charge in [0.15, 0.2) is 0 Å². The van der Waals surface area contributed by atoms with Crippen molar-refractivity contribution in [1.82, 2.24) is 5.32 Å². The van der Waals surface area contributed by atoms with Gasteiger partial charge in [0.05, 0.1) is 25.4 Å². The molecule has 0 aliphatic carbocycles. The first kappa shape index (κ1) is 76.3. The average molecular weight is 1100 g/mol. The van der Waals surface area contributed by atoms with Crippen molar-refractivity contribution in [1.29, 1.82) is 0 Å². The minimum absolute atomic E-state index is 0.0171. The predicted molar refractivity (Wildman–Crippen MR) is 343 cm³/mol. The highest BCUT2D eigenvalue weighted by molar-refractivity contribution is 5.76. The molecular formula is C72H139NO5. The molecule has 0 heterocycles. The summed E-state index contributed by atoms with van der Waals surface area (Å²) in [5, 5.41) is 23.3. The zero-order valence-corrected chi connectivity index (χ0v) is 52.9. The predicted octanol–water partition coefficient (Wildman–Crippen LogP) is 22.9. The number of esters is 1. The second-order valence-electron chi connectivity index (χ2n) is 24.6. The summed E-state index contributed by atoms with van der Waals surface area (Å²) >= 11 is 0. The van der Waals surface area contributed by atoms with Gasteiger partial charge < -0.3 is 20.3 Å². The van der Waals surface area contributed by atoms with E-state index < -0.39 is 12.1 Å². The average Bonchev–Trinajstić information content (AvgIpc) is 3.44. The number of aliphatic hydroxyl groups excluding tert-OH is 2. The lowest BCUT2D eigenvalue weighted by atomic mass is 10.0. The largest absolute Gasteiger partial charge is 0.466 e. The van der Waals surface area contributed by atoms with Crippen LogP contribution in [0.25, 0.3) is 0 Å². The SMILES string of the molecule is CCCCCCCCCCCCCCCCC(=O)OCCCCCCCCCCC/C=C\C/C=C\CCCCCCCCCCCCCCCCCCCC(=O)NC(CO)C(O)CCCCCCCCCCCCCCCC. The van der Waals surface area contributed by atoms with E-state index in [4.69, 9.17) is 4.74 Å². The van der Waals surface area contributed by atoms with Gasteiger partial charge in [0.25, 0.3) is 0 Å². The molecule has 2 unspecified atom stereocenters. The van der Waals surface area contributed by atoms with Crippen molar-refractivity contribution in [3.63, 3.8) is 0 Å². The van der Waals surface area contributed by atoms with E-state index in [1.165, 1.54) is 321 Å². The van der Waals surface area contributed by atoms with Gasteiger partial charge in [-0.05, 0) is 57.8 Å². The van der Waals surface area contributed by atoms with Gasteiger partial charge in [-0.2, -0.15) is 0 Å². The number of allylic oxidation sites excluding steroid dienone is 4. The Morgan fingerprint density at radius 1 is 0.359 bits per heavy atom. The van der Waals surface area contributed by atoms with Crippen LogP contribution in [0.2, 0.25) is 0 Å². The van der Waals surface area contributed by atoms with E-state index in [-0.39, 0.29) is 18.5 Å². The molecule has 0 radical (unpaired) electrons. The number of amides is 1. The molecule has 0 saturated heterocycles. The summed E-state index contributed by atoms with van der Waals surface area (Å²) in [5.41, 5.74) is 0. The summed E-state index contributed by atoms with van der Waals surface area (Å²) in [7, 11) is 0. The van der Waals surface area contributed by atoms with Crippen LogP contribution in [0.15, 0.2) is 24.3 Å². The molecule has 6 nitrogen and oxygen atoms in total. The summed E-state index contributed by atoms with van der Waals surface area (Å²) in [6, 6.07) is -0.539. The summed E-state index contributed by atoms with van der Waals surface area (Å²) < 4.78 is 5.49. The van der Waals surface area contributed by atoms with Crippen molar-refractivity contribution in [3.8, 4) is 0 Å². The first-order valence-corrected chi connectivity index (χ1v) is 35.6. The Morgan fingerprint density at radius 2 is 0.641 bits per heavy atom. The van der Waals surface area contributed by atoms with Gasteiger partial charge in [0, 0.05) is 12.8 Å². The number of rotatable bonds is 67. The zero-order valence-electron chi connectivity index (χ0n) is 52.9. The quantitative estimate of drug-likeness (QED) is 0.0320. The van der Waals surface area contributed by atoms with Crippen molar-refractivity contribution in [2.24, 2.45) is 0 Å². The molecule has 78 heavy (non-hydrogen) atoms. The number of unbranched alkanes of at least 4 members (excludes halogenated alkanes) is 52. The van der Waals surface area contributed by atoms with Crippen LogP contribution < -0.4 is 5.32 Å². The van der Waals surface area contributed by atoms with Crippen molar-refractivity contribution >= 4 is 11.9 Å². The lowest BCUT2D eigenvalue weighted by Gasteiger charge is -2.22. The molecule has 6 heteroatoms. The Morgan fingerprint density at radius 3 is 0.974 bits per heavy atom. The number of carbonyl (C=O) groups is 2. The fourth-order valence-corrected chi connectivity index (χ4v) is 11.3. The van der Waals surface area contributed by atoms with Gasteiger partial charge in [0.1, 0.15) is 0 Å². The highest BCUT2D eigenvalue weighted by atomic mass is 16.5. The number of carbonyl (C=O) groups excluding carboxylic acids is 2. The molecule has 2 atom stereocenters. The maximum Gasteiger partial charge on any atom is 0.305 e. The van der Waals surface area contributed by atoms with E-state index in [1.807, 2.05) is 0 Å². The van der Waals surface area contributed by atoms with Crippen LogP contribution in [0.5, 0.6) is 0 Å². The Bertz CT molecular complexity index is 1220.